The highest BCUT2D eigenvalue weighted by Gasteiger charge is 2.64. The lowest BCUT2D eigenvalue weighted by atomic mass is 9.95. The molecule has 4 N–H and O–H groups in total. The molecule has 26 heavy (non-hydrogen) atoms. The largest absolute Gasteiger partial charge is 0.480 e. The molecule has 3 rings (SSSR count). The van der Waals surface area contributed by atoms with E-state index in [-0.39, 0.29) is 11.3 Å². The molecule has 4 atom stereocenters. The van der Waals surface area contributed by atoms with Crippen LogP contribution >= 0.6 is 23.5 Å². The molecule has 2 heterocycles. The molecule has 9 heteroatoms. The molecule has 4 unspecified atom stereocenters. The highest BCUT2D eigenvalue weighted by Crippen LogP contribution is 2.50. The van der Waals surface area contributed by atoms with Crippen molar-refractivity contribution in [2.45, 2.75) is 47.0 Å². The Morgan fingerprint density at radius 3 is 2.50 bits per heavy atom. The average molecular weight is 396 g/mol. The molecular formula is C17H21N3O4S2. The Labute approximate surface area is 160 Å². The number of nitrogens with two attached hydrogens (primary N) is 1. The van der Waals surface area contributed by atoms with Crippen molar-refractivity contribution in [1.82, 2.24) is 10.2 Å². The van der Waals surface area contributed by atoms with Crippen molar-refractivity contribution in [3.05, 3.63) is 29.8 Å². The van der Waals surface area contributed by atoms with Crippen LogP contribution in [0.25, 0.3) is 0 Å². The summed E-state index contributed by atoms with van der Waals surface area (Å²) in [6, 6.07) is 4.82. The Hall–Kier alpha value is -1.71. The number of carbonyl (C=O) groups is 3. The fourth-order valence-electron chi connectivity index (χ4n) is 3.35. The molecule has 2 fully saturated rings. The third-order valence-electron chi connectivity index (χ3n) is 4.73. The van der Waals surface area contributed by atoms with Crippen molar-refractivity contribution in [2.24, 2.45) is 5.73 Å². The van der Waals surface area contributed by atoms with E-state index in [0.717, 1.165) is 4.90 Å². The molecule has 2 aliphatic heterocycles. The van der Waals surface area contributed by atoms with Gasteiger partial charge in [-0.3, -0.25) is 9.59 Å². The van der Waals surface area contributed by atoms with E-state index in [2.05, 4.69) is 5.32 Å². The molecule has 0 saturated carbocycles. The number of β-lactam (4-membered cyclic amide) rings is 1. The van der Waals surface area contributed by atoms with Crippen molar-refractivity contribution in [1.29, 1.82) is 0 Å². The van der Waals surface area contributed by atoms with E-state index in [0.29, 0.717) is 5.56 Å². The zero-order valence-corrected chi connectivity index (χ0v) is 16.3. The Balaban J connectivity index is 1.69. The van der Waals surface area contributed by atoms with Crippen molar-refractivity contribution < 1.29 is 19.5 Å². The Bertz CT molecular complexity index is 753. The average Bonchev–Trinajstić information content (AvgIpc) is 2.87. The van der Waals surface area contributed by atoms with Gasteiger partial charge in [0.05, 0.1) is 0 Å². The van der Waals surface area contributed by atoms with Gasteiger partial charge in [-0.1, -0.05) is 12.1 Å². The lowest BCUT2D eigenvalue weighted by molar-refractivity contribution is -0.161. The van der Waals surface area contributed by atoms with Crippen LogP contribution in [0.2, 0.25) is 0 Å². The number of thioether (sulfide) groups is 2. The van der Waals surface area contributed by atoms with Crippen LogP contribution in [0.15, 0.2) is 29.2 Å². The first kappa shape index (κ1) is 19.1. The zero-order chi connectivity index (χ0) is 19.2. The molecule has 1 aromatic rings. The minimum absolute atomic E-state index is 0.376. The molecular weight excluding hydrogens is 374 g/mol. The van der Waals surface area contributed by atoms with Crippen molar-refractivity contribution in [3.8, 4) is 0 Å². The topological polar surface area (TPSA) is 113 Å². The predicted molar refractivity (Wildman–Crippen MR) is 101 cm³/mol. The summed E-state index contributed by atoms with van der Waals surface area (Å²) in [5.41, 5.74) is 6.68. The number of fused-ring (bicyclic) bond motifs is 1. The number of carbonyl (C=O) groups excluding carboxylic acids is 2. The van der Waals surface area contributed by atoms with E-state index in [4.69, 9.17) is 5.73 Å². The van der Waals surface area contributed by atoms with E-state index in [1.807, 2.05) is 18.4 Å². The van der Waals surface area contributed by atoms with Crippen LogP contribution in [0, 0.1) is 0 Å². The van der Waals surface area contributed by atoms with E-state index < -0.39 is 34.7 Å². The minimum atomic E-state index is -1.03. The smallest absolute Gasteiger partial charge is 0.327 e. The number of nitrogens with zero attached hydrogens (tertiary/aromatic N) is 1. The van der Waals surface area contributed by atoms with Gasteiger partial charge in [-0.2, -0.15) is 0 Å². The molecule has 2 amide bonds. The summed E-state index contributed by atoms with van der Waals surface area (Å²) < 4.78 is -0.624. The van der Waals surface area contributed by atoms with Crippen LogP contribution < -0.4 is 11.1 Å². The maximum Gasteiger partial charge on any atom is 0.327 e. The second kappa shape index (κ2) is 6.79. The van der Waals surface area contributed by atoms with Gasteiger partial charge in [0.15, 0.2) is 0 Å². The van der Waals surface area contributed by atoms with Gasteiger partial charge in [-0.15, -0.1) is 23.5 Å². The van der Waals surface area contributed by atoms with E-state index in [1.54, 1.807) is 37.7 Å². The van der Waals surface area contributed by atoms with Gasteiger partial charge in [0, 0.05) is 9.64 Å². The number of carboxylic acid groups (broad SMARTS) is 1. The molecule has 1 aromatic carbocycles. The third kappa shape index (κ3) is 3.08. The standard InChI is InChI=1S/C17H21N3O4S2/c1-17(2)12(16(23)24)20-14(22)11(15(20)26-17)19-13(21)10(18)8-4-6-9(25-3)7-5-8/h4-7,10-12,15H,18H2,1-3H3,(H,19,21)(H,23,24). The summed E-state index contributed by atoms with van der Waals surface area (Å²) in [5, 5.41) is 11.7. The SMILES string of the molecule is CSc1ccc(C(N)C(=O)NC2C(=O)N3C2SC(C)(C)C3C(=O)O)cc1. The Morgan fingerprint density at radius 2 is 1.96 bits per heavy atom. The van der Waals surface area contributed by atoms with Crippen LogP contribution in [-0.4, -0.2) is 56.3 Å². The summed E-state index contributed by atoms with van der Waals surface area (Å²) in [7, 11) is 0. The van der Waals surface area contributed by atoms with Gasteiger partial charge < -0.3 is 21.1 Å². The second-order valence-electron chi connectivity index (χ2n) is 6.84. The van der Waals surface area contributed by atoms with Gasteiger partial charge in [0.1, 0.15) is 23.5 Å². The van der Waals surface area contributed by atoms with Gasteiger partial charge in [0.25, 0.3) is 0 Å². The van der Waals surface area contributed by atoms with Crippen LogP contribution in [0.3, 0.4) is 0 Å². The molecule has 0 bridgehead atoms. The van der Waals surface area contributed by atoms with Crippen LogP contribution in [-0.2, 0) is 14.4 Å². The molecule has 0 aromatic heterocycles. The van der Waals surface area contributed by atoms with Crippen molar-refractivity contribution in [2.75, 3.05) is 6.26 Å². The third-order valence-corrected chi connectivity index (χ3v) is 7.05. The first-order valence-electron chi connectivity index (χ1n) is 8.10. The monoisotopic (exact) mass is 395 g/mol. The summed E-state index contributed by atoms with van der Waals surface area (Å²) in [6.45, 7) is 3.58. The summed E-state index contributed by atoms with van der Waals surface area (Å²) in [4.78, 5) is 38.8. The number of hydrogen-bond donors (Lipinski definition) is 3. The first-order valence-corrected chi connectivity index (χ1v) is 10.2. The van der Waals surface area contributed by atoms with Crippen molar-refractivity contribution in [3.63, 3.8) is 0 Å². The number of carboxylic acids is 1. The Morgan fingerprint density at radius 1 is 1.35 bits per heavy atom. The maximum atomic E-state index is 12.5. The first-order chi connectivity index (χ1) is 12.2. The number of nitrogens with one attached hydrogen (secondary N) is 1. The minimum Gasteiger partial charge on any atom is -0.480 e. The second-order valence-corrected chi connectivity index (χ2v) is 9.49. The fourth-order valence-corrected chi connectivity index (χ4v) is 5.38. The lowest BCUT2D eigenvalue weighted by Gasteiger charge is -2.43. The molecule has 0 spiro atoms. The maximum absolute atomic E-state index is 12.5. The molecule has 140 valence electrons. The van der Waals surface area contributed by atoms with Gasteiger partial charge in [-0.25, -0.2) is 4.79 Å². The number of hydrogen-bond acceptors (Lipinski definition) is 6. The van der Waals surface area contributed by atoms with E-state index in [1.165, 1.54) is 16.7 Å². The molecule has 2 aliphatic rings. The van der Waals surface area contributed by atoms with Crippen LogP contribution in [0.4, 0.5) is 0 Å². The number of benzene rings is 1. The lowest BCUT2D eigenvalue weighted by Crippen LogP contribution is -2.71. The van der Waals surface area contributed by atoms with Gasteiger partial charge >= 0.3 is 5.97 Å². The number of amides is 2. The molecule has 0 radical (unpaired) electrons. The van der Waals surface area contributed by atoms with Gasteiger partial charge in [-0.05, 0) is 37.8 Å². The quantitative estimate of drug-likeness (QED) is 0.504. The van der Waals surface area contributed by atoms with E-state index in [9.17, 15) is 19.5 Å². The fraction of sp³-hybridized carbons (Fsp3) is 0.471. The van der Waals surface area contributed by atoms with Gasteiger partial charge in [0.2, 0.25) is 11.8 Å². The highest BCUT2D eigenvalue weighted by molar-refractivity contribution is 8.01. The van der Waals surface area contributed by atoms with Crippen molar-refractivity contribution >= 4 is 41.3 Å². The predicted octanol–water partition coefficient (Wildman–Crippen LogP) is 1.04. The highest BCUT2D eigenvalue weighted by atomic mass is 32.2. The zero-order valence-electron chi connectivity index (χ0n) is 14.6. The van der Waals surface area contributed by atoms with Crippen LogP contribution in [0.5, 0.6) is 0 Å². The molecule has 2 saturated heterocycles. The van der Waals surface area contributed by atoms with E-state index >= 15 is 0 Å². The van der Waals surface area contributed by atoms with Crippen LogP contribution in [0.1, 0.15) is 25.5 Å². The molecule has 7 nitrogen and oxygen atoms in total. The summed E-state index contributed by atoms with van der Waals surface area (Å²) in [6.07, 6.45) is 1.96. The number of aliphatic carboxylic acids is 1. The summed E-state index contributed by atoms with van der Waals surface area (Å²) >= 11 is 2.98. The summed E-state index contributed by atoms with van der Waals surface area (Å²) in [5.74, 6) is -1.86. The molecule has 0 aliphatic carbocycles. The number of rotatable bonds is 5. The normalized spacial score (nSPS) is 27.5. The Kier molecular flexibility index (Phi) is 4.98.